The van der Waals surface area contributed by atoms with E-state index in [-0.39, 0.29) is 12.1 Å². The summed E-state index contributed by atoms with van der Waals surface area (Å²) in [6.45, 7) is 1.60. The molecule has 0 unspecified atom stereocenters. The molecule has 1 heterocycles. The van der Waals surface area contributed by atoms with Gasteiger partial charge in [-0.05, 0) is 18.4 Å². The molecule has 1 aliphatic rings. The van der Waals surface area contributed by atoms with Gasteiger partial charge in [-0.15, -0.1) is 0 Å². The smallest absolute Gasteiger partial charge is 0.410 e. The van der Waals surface area contributed by atoms with E-state index in [0.29, 0.717) is 19.7 Å². The minimum absolute atomic E-state index is 0.0202. The molecule has 1 aromatic carbocycles. The van der Waals surface area contributed by atoms with Crippen LogP contribution in [0.15, 0.2) is 30.3 Å². The van der Waals surface area contributed by atoms with E-state index in [2.05, 4.69) is 0 Å². The molecule has 1 aromatic rings. The van der Waals surface area contributed by atoms with Crippen LogP contribution in [-0.4, -0.2) is 30.1 Å². The van der Waals surface area contributed by atoms with Crippen molar-refractivity contribution in [2.45, 2.75) is 25.5 Å². The van der Waals surface area contributed by atoms with E-state index in [1.54, 1.807) is 4.90 Å². The number of carbonyl (C=O) groups is 1. The second kappa shape index (κ2) is 5.68. The molecule has 0 aliphatic carbocycles. The lowest BCUT2D eigenvalue weighted by atomic mass is 10.1. The highest BCUT2D eigenvalue weighted by atomic mass is 16.6. The van der Waals surface area contributed by atoms with E-state index < -0.39 is 0 Å². The monoisotopic (exact) mass is 233 g/mol. The lowest BCUT2D eigenvalue weighted by molar-refractivity contribution is 0.0870. The van der Waals surface area contributed by atoms with Gasteiger partial charge in [-0.25, -0.2) is 4.79 Å². The van der Waals surface area contributed by atoms with E-state index in [1.807, 2.05) is 30.3 Å². The zero-order valence-corrected chi connectivity index (χ0v) is 9.76. The van der Waals surface area contributed by atoms with Crippen molar-refractivity contribution in [1.82, 2.24) is 10.6 Å². The Bertz CT molecular complexity index is 359. The summed E-state index contributed by atoms with van der Waals surface area (Å²) in [6.07, 6.45) is 1.24. The Kier molecular flexibility index (Phi) is 3.98. The number of nitrogens with zero attached hydrogens (tertiary/aromatic N) is 1. The zero-order chi connectivity index (χ0) is 12.1. The minimum Gasteiger partial charge on any atom is -0.445 e. The Hall–Kier alpha value is -1.55. The molecule has 17 heavy (non-hydrogen) atoms. The van der Waals surface area contributed by atoms with Gasteiger partial charge in [-0.3, -0.25) is 5.73 Å². The fraction of sp³-hybridized carbons (Fsp3) is 0.462. The highest BCUT2D eigenvalue weighted by Crippen LogP contribution is 2.11. The number of ether oxygens (including phenoxy) is 1. The second-order valence-electron chi connectivity index (χ2n) is 4.30. The number of benzene rings is 1. The van der Waals surface area contributed by atoms with Crippen molar-refractivity contribution < 1.29 is 9.53 Å². The molecule has 1 saturated heterocycles. The first-order valence-corrected chi connectivity index (χ1v) is 5.92. The summed E-state index contributed by atoms with van der Waals surface area (Å²) < 4.78 is 5.23. The van der Waals surface area contributed by atoms with E-state index in [0.717, 1.165) is 18.4 Å². The molecular formula is C13H17N2O2. The zero-order valence-electron chi connectivity index (χ0n) is 9.76. The summed E-state index contributed by atoms with van der Waals surface area (Å²) in [5.41, 5.74) is 8.56. The van der Waals surface area contributed by atoms with Crippen LogP contribution >= 0.6 is 0 Å². The third-order valence-corrected chi connectivity index (χ3v) is 2.96. The van der Waals surface area contributed by atoms with Gasteiger partial charge in [0, 0.05) is 19.1 Å². The highest BCUT2D eigenvalue weighted by Gasteiger charge is 2.21. The molecule has 2 rings (SSSR count). The quantitative estimate of drug-likeness (QED) is 0.785. The summed E-state index contributed by atoms with van der Waals surface area (Å²) in [6, 6.07) is 9.63. The molecule has 4 nitrogen and oxygen atoms in total. The van der Waals surface area contributed by atoms with Crippen LogP contribution in [0.5, 0.6) is 0 Å². The molecule has 0 spiro atoms. The van der Waals surface area contributed by atoms with Crippen LogP contribution < -0.4 is 5.73 Å². The molecule has 0 bridgehead atoms. The number of nitrogens with one attached hydrogen (secondary N) is 1. The molecule has 1 amide bonds. The predicted octanol–water partition coefficient (Wildman–Crippen LogP) is 2.07. The maximum absolute atomic E-state index is 11.7. The standard InChI is InChI=1S/C13H17N2O2/c14-12-6-8-15(9-7-12)13(16)17-10-11-4-2-1-3-5-11/h1-5,12,14H,6-10H2. The third-order valence-electron chi connectivity index (χ3n) is 2.96. The summed E-state index contributed by atoms with van der Waals surface area (Å²) >= 11 is 0. The predicted molar refractivity (Wildman–Crippen MR) is 64.3 cm³/mol. The van der Waals surface area contributed by atoms with E-state index >= 15 is 0 Å². The number of rotatable bonds is 2. The fourth-order valence-corrected chi connectivity index (χ4v) is 1.87. The topological polar surface area (TPSA) is 53.3 Å². The Morgan fingerprint density at radius 3 is 2.59 bits per heavy atom. The Labute approximate surface area is 101 Å². The van der Waals surface area contributed by atoms with Crippen molar-refractivity contribution in [1.29, 1.82) is 0 Å². The van der Waals surface area contributed by atoms with Gasteiger partial charge in [0.25, 0.3) is 0 Å². The number of carbonyl (C=O) groups excluding carboxylic acids is 1. The van der Waals surface area contributed by atoms with Crippen molar-refractivity contribution in [2.75, 3.05) is 13.1 Å². The number of hydrogen-bond acceptors (Lipinski definition) is 2. The lowest BCUT2D eigenvalue weighted by Crippen LogP contribution is -2.40. The van der Waals surface area contributed by atoms with Gasteiger partial charge in [0.05, 0.1) is 0 Å². The van der Waals surface area contributed by atoms with Crippen LogP contribution in [0, 0.1) is 0 Å². The van der Waals surface area contributed by atoms with Gasteiger partial charge in [-0.1, -0.05) is 30.3 Å². The van der Waals surface area contributed by atoms with Crippen molar-refractivity contribution in [3.63, 3.8) is 0 Å². The third kappa shape index (κ3) is 3.46. The SMILES string of the molecule is [NH]C1CCN(C(=O)OCc2ccccc2)CC1. The van der Waals surface area contributed by atoms with Gasteiger partial charge in [-0.2, -0.15) is 0 Å². The van der Waals surface area contributed by atoms with E-state index in [9.17, 15) is 4.79 Å². The molecule has 0 saturated carbocycles. The van der Waals surface area contributed by atoms with Crippen molar-refractivity contribution >= 4 is 6.09 Å². The summed E-state index contributed by atoms with van der Waals surface area (Å²) in [5, 5.41) is 0. The highest BCUT2D eigenvalue weighted by molar-refractivity contribution is 5.67. The van der Waals surface area contributed by atoms with Gasteiger partial charge >= 0.3 is 6.09 Å². The lowest BCUT2D eigenvalue weighted by Gasteiger charge is -2.28. The molecule has 0 aromatic heterocycles. The molecule has 91 valence electrons. The van der Waals surface area contributed by atoms with E-state index in [1.165, 1.54) is 0 Å². The molecule has 1 aliphatic heterocycles. The molecule has 1 radical (unpaired) electrons. The van der Waals surface area contributed by atoms with E-state index in [4.69, 9.17) is 10.5 Å². The van der Waals surface area contributed by atoms with Crippen LogP contribution in [0.2, 0.25) is 0 Å². The largest absolute Gasteiger partial charge is 0.445 e. The van der Waals surface area contributed by atoms with Crippen molar-refractivity contribution in [2.24, 2.45) is 0 Å². The summed E-state index contributed by atoms with van der Waals surface area (Å²) in [4.78, 5) is 13.4. The molecule has 0 atom stereocenters. The summed E-state index contributed by atoms with van der Waals surface area (Å²) in [7, 11) is 0. The molecule has 1 N–H and O–H groups in total. The van der Waals surface area contributed by atoms with Crippen molar-refractivity contribution in [3.05, 3.63) is 35.9 Å². The Morgan fingerprint density at radius 1 is 1.29 bits per heavy atom. The normalized spacial score (nSPS) is 16.9. The maximum atomic E-state index is 11.7. The molecular weight excluding hydrogens is 216 g/mol. The average molecular weight is 233 g/mol. The molecule has 4 heteroatoms. The van der Waals surface area contributed by atoms with Crippen molar-refractivity contribution in [3.8, 4) is 0 Å². The number of piperidine rings is 1. The number of hydrogen-bond donors (Lipinski definition) is 0. The van der Waals surface area contributed by atoms with Gasteiger partial charge in [0.15, 0.2) is 0 Å². The fourth-order valence-electron chi connectivity index (χ4n) is 1.87. The van der Waals surface area contributed by atoms with Crippen LogP contribution in [0.25, 0.3) is 0 Å². The second-order valence-corrected chi connectivity index (χ2v) is 4.30. The first-order valence-electron chi connectivity index (χ1n) is 5.92. The molecule has 1 fully saturated rings. The number of likely N-dealkylation sites (tertiary alicyclic amines) is 1. The average Bonchev–Trinajstić information content (AvgIpc) is 2.38. The van der Waals surface area contributed by atoms with Gasteiger partial charge in [0.2, 0.25) is 0 Å². The summed E-state index contributed by atoms with van der Waals surface area (Å²) in [5.74, 6) is 0. The first kappa shape index (κ1) is 11.9. The van der Waals surface area contributed by atoms with Crippen LogP contribution in [-0.2, 0) is 11.3 Å². The maximum Gasteiger partial charge on any atom is 0.410 e. The number of amides is 1. The van der Waals surface area contributed by atoms with Gasteiger partial charge in [0.1, 0.15) is 6.61 Å². The van der Waals surface area contributed by atoms with Crippen LogP contribution in [0.3, 0.4) is 0 Å². The van der Waals surface area contributed by atoms with Gasteiger partial charge < -0.3 is 9.64 Å². The minimum atomic E-state index is -0.263. The Morgan fingerprint density at radius 2 is 1.94 bits per heavy atom. The van der Waals surface area contributed by atoms with Crippen LogP contribution in [0.1, 0.15) is 18.4 Å². The van der Waals surface area contributed by atoms with Crippen LogP contribution in [0.4, 0.5) is 4.79 Å². The Balaban J connectivity index is 1.78. The first-order chi connectivity index (χ1) is 8.25.